The Balaban J connectivity index is 0.000000531. The van der Waals surface area contributed by atoms with Crippen LogP contribution in [0, 0.1) is 6.92 Å². The standard InChI is InChI=1S/C11H14N2.C2H6/c1-7-5-4-6-10-8(2)12-9(3)13-11(7)10;1-2/h4-6,9,13H,1-3H3;1-2H3. The molecule has 82 valence electrons. The number of nitrogens with zero attached hydrogens (tertiary/aromatic N) is 1. The fraction of sp³-hybridized carbons (Fsp3) is 0.462. The zero-order chi connectivity index (χ0) is 11.4. The number of hydrogen-bond donors (Lipinski definition) is 1. The summed E-state index contributed by atoms with van der Waals surface area (Å²) >= 11 is 0. The van der Waals surface area contributed by atoms with Gasteiger partial charge in [-0.15, -0.1) is 0 Å². The fourth-order valence-electron chi connectivity index (χ4n) is 1.76. The van der Waals surface area contributed by atoms with E-state index in [0.29, 0.717) is 0 Å². The van der Waals surface area contributed by atoms with E-state index in [1.54, 1.807) is 0 Å². The zero-order valence-corrected chi connectivity index (χ0v) is 10.3. The molecule has 0 aromatic heterocycles. The molecule has 2 heteroatoms. The van der Waals surface area contributed by atoms with Crippen molar-refractivity contribution < 1.29 is 0 Å². The zero-order valence-electron chi connectivity index (χ0n) is 10.3. The van der Waals surface area contributed by atoms with Crippen LogP contribution in [0.25, 0.3) is 0 Å². The van der Waals surface area contributed by atoms with Gasteiger partial charge in [-0.05, 0) is 26.3 Å². The Kier molecular flexibility index (Phi) is 3.89. The van der Waals surface area contributed by atoms with Crippen LogP contribution >= 0.6 is 0 Å². The SMILES string of the molecule is CC.CC1=NC(C)Nc2c(C)cccc21. The van der Waals surface area contributed by atoms with Crippen molar-refractivity contribution in [2.45, 2.75) is 40.8 Å². The summed E-state index contributed by atoms with van der Waals surface area (Å²) in [5, 5.41) is 3.37. The van der Waals surface area contributed by atoms with Crippen LogP contribution in [0.4, 0.5) is 5.69 Å². The van der Waals surface area contributed by atoms with Crippen LogP contribution in [0.5, 0.6) is 0 Å². The molecule has 0 radical (unpaired) electrons. The molecular weight excluding hydrogens is 184 g/mol. The van der Waals surface area contributed by atoms with Crippen LogP contribution < -0.4 is 5.32 Å². The predicted molar refractivity (Wildman–Crippen MR) is 67.8 cm³/mol. The summed E-state index contributed by atoms with van der Waals surface area (Å²) in [7, 11) is 0. The first kappa shape index (κ1) is 11.8. The van der Waals surface area contributed by atoms with Gasteiger partial charge in [-0.2, -0.15) is 0 Å². The maximum atomic E-state index is 4.47. The van der Waals surface area contributed by atoms with Crippen molar-refractivity contribution in [1.82, 2.24) is 0 Å². The van der Waals surface area contributed by atoms with Crippen molar-refractivity contribution in [2.75, 3.05) is 5.32 Å². The maximum Gasteiger partial charge on any atom is 0.116 e. The van der Waals surface area contributed by atoms with Gasteiger partial charge in [0.05, 0.1) is 0 Å². The van der Waals surface area contributed by atoms with Crippen molar-refractivity contribution in [3.63, 3.8) is 0 Å². The summed E-state index contributed by atoms with van der Waals surface area (Å²) in [6.07, 6.45) is 0.202. The highest BCUT2D eigenvalue weighted by molar-refractivity contribution is 6.05. The Morgan fingerprint density at radius 2 is 1.87 bits per heavy atom. The molecule has 0 fully saturated rings. The highest BCUT2D eigenvalue weighted by Gasteiger charge is 2.15. The molecule has 15 heavy (non-hydrogen) atoms. The third-order valence-corrected chi connectivity index (χ3v) is 2.40. The molecule has 1 N–H and O–H groups in total. The number of anilines is 1. The molecule has 1 aliphatic heterocycles. The summed E-state index contributed by atoms with van der Waals surface area (Å²) in [5.74, 6) is 0. The molecular formula is C13H20N2. The van der Waals surface area contributed by atoms with Crippen LogP contribution in [-0.4, -0.2) is 11.9 Å². The van der Waals surface area contributed by atoms with E-state index >= 15 is 0 Å². The second kappa shape index (κ2) is 4.96. The third kappa shape index (κ3) is 2.38. The number of aliphatic imine (C=N–C) groups is 1. The lowest BCUT2D eigenvalue weighted by Gasteiger charge is -2.23. The Bertz CT molecular complexity index is 367. The first-order valence-electron chi connectivity index (χ1n) is 5.59. The highest BCUT2D eigenvalue weighted by atomic mass is 15.1. The molecule has 2 rings (SSSR count). The normalized spacial score (nSPS) is 17.9. The molecule has 0 aliphatic carbocycles. The van der Waals surface area contributed by atoms with E-state index in [9.17, 15) is 0 Å². The van der Waals surface area contributed by atoms with E-state index in [-0.39, 0.29) is 6.17 Å². The van der Waals surface area contributed by atoms with E-state index in [1.165, 1.54) is 16.8 Å². The summed E-state index contributed by atoms with van der Waals surface area (Å²) in [5.41, 5.74) is 4.89. The molecule has 1 aromatic carbocycles. The number of aryl methyl sites for hydroxylation is 1. The minimum absolute atomic E-state index is 0.202. The summed E-state index contributed by atoms with van der Waals surface area (Å²) in [4.78, 5) is 4.47. The first-order valence-corrected chi connectivity index (χ1v) is 5.59. The Hall–Kier alpha value is -1.31. The largest absolute Gasteiger partial charge is 0.363 e. The van der Waals surface area contributed by atoms with E-state index in [4.69, 9.17) is 0 Å². The number of nitrogens with one attached hydrogen (secondary N) is 1. The van der Waals surface area contributed by atoms with Crippen LogP contribution in [0.2, 0.25) is 0 Å². The second-order valence-corrected chi connectivity index (χ2v) is 3.53. The van der Waals surface area contributed by atoms with Gasteiger partial charge in [-0.3, -0.25) is 4.99 Å². The van der Waals surface area contributed by atoms with Crippen molar-refractivity contribution >= 4 is 11.4 Å². The molecule has 0 spiro atoms. The lowest BCUT2D eigenvalue weighted by atomic mass is 10.0. The Morgan fingerprint density at radius 3 is 2.53 bits per heavy atom. The van der Waals surface area contributed by atoms with Crippen LogP contribution in [0.1, 0.15) is 38.8 Å². The van der Waals surface area contributed by atoms with E-state index in [2.05, 4.69) is 49.3 Å². The van der Waals surface area contributed by atoms with Gasteiger partial charge >= 0.3 is 0 Å². The predicted octanol–water partition coefficient (Wildman–Crippen LogP) is 3.60. The van der Waals surface area contributed by atoms with Gasteiger partial charge in [-0.1, -0.05) is 32.0 Å². The molecule has 1 atom stereocenters. The number of hydrogen-bond acceptors (Lipinski definition) is 2. The minimum Gasteiger partial charge on any atom is -0.363 e. The van der Waals surface area contributed by atoms with Crippen LogP contribution in [0.3, 0.4) is 0 Å². The van der Waals surface area contributed by atoms with E-state index < -0.39 is 0 Å². The molecule has 0 amide bonds. The topological polar surface area (TPSA) is 24.4 Å². The van der Waals surface area contributed by atoms with Gasteiger partial charge in [0.1, 0.15) is 6.17 Å². The van der Waals surface area contributed by atoms with Crippen molar-refractivity contribution in [3.05, 3.63) is 29.3 Å². The van der Waals surface area contributed by atoms with Crippen LogP contribution in [-0.2, 0) is 0 Å². The van der Waals surface area contributed by atoms with Crippen molar-refractivity contribution in [2.24, 2.45) is 4.99 Å². The fourth-order valence-corrected chi connectivity index (χ4v) is 1.76. The van der Waals surface area contributed by atoms with E-state index in [0.717, 1.165) is 5.71 Å². The Morgan fingerprint density at radius 1 is 1.20 bits per heavy atom. The van der Waals surface area contributed by atoms with Gasteiger partial charge < -0.3 is 5.32 Å². The van der Waals surface area contributed by atoms with Crippen molar-refractivity contribution in [1.29, 1.82) is 0 Å². The first-order chi connectivity index (χ1) is 7.18. The molecule has 1 aromatic rings. The van der Waals surface area contributed by atoms with Crippen molar-refractivity contribution in [3.8, 4) is 0 Å². The maximum absolute atomic E-state index is 4.47. The number of para-hydroxylation sites is 1. The summed E-state index contributed by atoms with van der Waals surface area (Å²) < 4.78 is 0. The molecule has 0 bridgehead atoms. The molecule has 1 heterocycles. The number of rotatable bonds is 0. The molecule has 1 aliphatic rings. The third-order valence-electron chi connectivity index (χ3n) is 2.40. The average Bonchev–Trinajstić information content (AvgIpc) is 2.23. The highest BCUT2D eigenvalue weighted by Crippen LogP contribution is 2.25. The molecule has 1 unspecified atom stereocenters. The lowest BCUT2D eigenvalue weighted by Crippen LogP contribution is -2.22. The number of benzene rings is 1. The smallest absolute Gasteiger partial charge is 0.116 e. The van der Waals surface area contributed by atoms with Gasteiger partial charge in [0, 0.05) is 17.0 Å². The Labute approximate surface area is 92.4 Å². The van der Waals surface area contributed by atoms with E-state index in [1.807, 2.05) is 13.8 Å². The van der Waals surface area contributed by atoms with Gasteiger partial charge in [0.25, 0.3) is 0 Å². The van der Waals surface area contributed by atoms with Crippen LogP contribution in [0.15, 0.2) is 23.2 Å². The monoisotopic (exact) mass is 204 g/mol. The molecule has 0 saturated heterocycles. The summed E-state index contributed by atoms with van der Waals surface area (Å²) in [6.45, 7) is 10.3. The van der Waals surface area contributed by atoms with Gasteiger partial charge in [-0.25, -0.2) is 0 Å². The number of fused-ring (bicyclic) bond motifs is 1. The molecule has 2 nitrogen and oxygen atoms in total. The van der Waals surface area contributed by atoms with Gasteiger partial charge in [0.2, 0.25) is 0 Å². The minimum atomic E-state index is 0.202. The average molecular weight is 204 g/mol. The van der Waals surface area contributed by atoms with Gasteiger partial charge in [0.15, 0.2) is 0 Å². The lowest BCUT2D eigenvalue weighted by molar-refractivity contribution is 0.839. The second-order valence-electron chi connectivity index (χ2n) is 3.53. The molecule has 0 saturated carbocycles. The quantitative estimate of drug-likeness (QED) is 0.686. The summed E-state index contributed by atoms with van der Waals surface area (Å²) in [6, 6.07) is 6.31.